The molecule has 146 valence electrons. The third-order valence-electron chi connectivity index (χ3n) is 5.50. The van der Waals surface area contributed by atoms with Crippen molar-refractivity contribution in [3.8, 4) is 0 Å². The first-order valence-corrected chi connectivity index (χ1v) is 10.5. The Morgan fingerprint density at radius 1 is 0.964 bits per heavy atom. The highest BCUT2D eigenvalue weighted by atomic mass is 32.2. The molecule has 0 spiro atoms. The average molecular weight is 399 g/mol. The molecule has 1 aliphatic rings. The van der Waals surface area contributed by atoms with E-state index in [1.165, 1.54) is 18.6 Å². The molecule has 2 aromatic heterocycles. The van der Waals surface area contributed by atoms with Crippen molar-refractivity contribution < 1.29 is 17.7 Å². The molecule has 3 aromatic rings. The highest BCUT2D eigenvalue weighted by Gasteiger charge is 2.53. The predicted octanol–water partition coefficient (Wildman–Crippen LogP) is 2.28. The number of nitrogens with zero attached hydrogens (tertiary/aromatic N) is 3. The molecule has 3 heterocycles. The molecular formula is C19H22BN3O4S. The fourth-order valence-corrected chi connectivity index (χ4v) is 4.41. The van der Waals surface area contributed by atoms with Gasteiger partial charge in [-0.2, -0.15) is 0 Å². The molecule has 0 bridgehead atoms. The monoisotopic (exact) mass is 399 g/mol. The van der Waals surface area contributed by atoms with Crippen molar-refractivity contribution in [1.82, 2.24) is 13.9 Å². The first kappa shape index (κ1) is 19.1. The Bertz CT molecular complexity index is 1140. The molecular weight excluding hydrogens is 377 g/mol. The smallest absolute Gasteiger partial charge is 0.399 e. The van der Waals surface area contributed by atoms with E-state index >= 15 is 0 Å². The topological polar surface area (TPSA) is 83.3 Å². The minimum absolute atomic E-state index is 0.182. The predicted molar refractivity (Wildman–Crippen MR) is 107 cm³/mol. The van der Waals surface area contributed by atoms with Crippen LogP contribution in [-0.4, -0.2) is 40.7 Å². The van der Waals surface area contributed by atoms with Gasteiger partial charge >= 0.3 is 7.12 Å². The highest BCUT2D eigenvalue weighted by molar-refractivity contribution is 7.90. The van der Waals surface area contributed by atoms with Crippen LogP contribution < -0.4 is 5.46 Å². The van der Waals surface area contributed by atoms with Crippen LogP contribution in [0, 0.1) is 6.92 Å². The number of hydrogen-bond donors (Lipinski definition) is 0. The van der Waals surface area contributed by atoms with Crippen molar-refractivity contribution >= 4 is 33.8 Å². The van der Waals surface area contributed by atoms with Gasteiger partial charge in [-0.25, -0.2) is 17.4 Å². The lowest BCUT2D eigenvalue weighted by Crippen LogP contribution is -2.41. The van der Waals surface area contributed by atoms with Crippen molar-refractivity contribution in [2.75, 3.05) is 0 Å². The van der Waals surface area contributed by atoms with Gasteiger partial charge in [0, 0.05) is 24.1 Å². The van der Waals surface area contributed by atoms with E-state index in [2.05, 4.69) is 9.97 Å². The number of aromatic nitrogens is 3. The molecule has 1 aromatic carbocycles. The van der Waals surface area contributed by atoms with E-state index in [-0.39, 0.29) is 10.5 Å². The standard InChI is InChI=1S/C19H22BN3O4S/c1-13-6-8-14(9-7-13)28(24,25)23-12-15(16-17(23)22-11-10-21-16)20-26-18(2,3)19(4,5)27-20/h6-12H,1-5H3. The summed E-state index contributed by atoms with van der Waals surface area (Å²) < 4.78 is 39.9. The number of hydrogen-bond acceptors (Lipinski definition) is 6. The Kier molecular flexibility index (Phi) is 4.19. The van der Waals surface area contributed by atoms with Crippen LogP contribution in [0.15, 0.2) is 47.8 Å². The maximum absolute atomic E-state index is 13.3. The normalized spacial score (nSPS) is 18.7. The summed E-state index contributed by atoms with van der Waals surface area (Å²) in [6, 6.07) is 6.70. The SMILES string of the molecule is Cc1ccc(S(=O)(=O)n2cc(B3OC(C)(C)C(C)(C)O3)c3nccnc32)cc1. The van der Waals surface area contributed by atoms with Gasteiger partial charge in [0.2, 0.25) is 0 Å². The van der Waals surface area contributed by atoms with E-state index in [1.807, 2.05) is 34.6 Å². The van der Waals surface area contributed by atoms with Gasteiger partial charge < -0.3 is 9.31 Å². The lowest BCUT2D eigenvalue weighted by atomic mass is 9.80. The van der Waals surface area contributed by atoms with E-state index in [4.69, 9.17) is 9.31 Å². The average Bonchev–Trinajstić information content (AvgIpc) is 3.10. The maximum atomic E-state index is 13.3. The summed E-state index contributed by atoms with van der Waals surface area (Å²) in [4.78, 5) is 8.80. The van der Waals surface area contributed by atoms with E-state index in [9.17, 15) is 8.42 Å². The van der Waals surface area contributed by atoms with Crippen LogP contribution >= 0.6 is 0 Å². The van der Waals surface area contributed by atoms with Crippen LogP contribution in [0.3, 0.4) is 0 Å². The largest absolute Gasteiger partial charge is 0.498 e. The summed E-state index contributed by atoms with van der Waals surface area (Å²) in [5.74, 6) is 0. The summed E-state index contributed by atoms with van der Waals surface area (Å²) in [6.45, 7) is 9.69. The molecule has 7 nitrogen and oxygen atoms in total. The Labute approximate surface area is 164 Å². The molecule has 0 atom stereocenters. The van der Waals surface area contributed by atoms with Crippen LogP contribution in [0.25, 0.3) is 11.2 Å². The second-order valence-electron chi connectivity index (χ2n) is 8.02. The van der Waals surface area contributed by atoms with Gasteiger partial charge in [0.05, 0.1) is 16.1 Å². The van der Waals surface area contributed by atoms with Crippen molar-refractivity contribution in [3.63, 3.8) is 0 Å². The maximum Gasteiger partial charge on any atom is 0.498 e. The summed E-state index contributed by atoms with van der Waals surface area (Å²) in [7, 11) is -4.58. The van der Waals surface area contributed by atoms with Crippen LogP contribution in [0.5, 0.6) is 0 Å². The number of fused-ring (bicyclic) bond motifs is 1. The summed E-state index contributed by atoms with van der Waals surface area (Å²) in [6.07, 6.45) is 4.50. The van der Waals surface area contributed by atoms with Crippen LogP contribution in [0.1, 0.15) is 33.3 Å². The zero-order chi connectivity index (χ0) is 20.3. The zero-order valence-electron chi connectivity index (χ0n) is 16.5. The minimum Gasteiger partial charge on any atom is -0.399 e. The van der Waals surface area contributed by atoms with Gasteiger partial charge in [0.25, 0.3) is 10.0 Å². The summed E-state index contributed by atoms with van der Waals surface area (Å²) in [5.41, 5.74) is 1.10. The van der Waals surface area contributed by atoms with E-state index < -0.39 is 28.3 Å². The van der Waals surface area contributed by atoms with Crippen molar-refractivity contribution in [3.05, 3.63) is 48.4 Å². The fraction of sp³-hybridized carbons (Fsp3) is 0.368. The lowest BCUT2D eigenvalue weighted by Gasteiger charge is -2.32. The number of rotatable bonds is 3. The molecule has 1 aliphatic heterocycles. The van der Waals surface area contributed by atoms with Gasteiger partial charge in [0.15, 0.2) is 5.65 Å². The second-order valence-corrected chi connectivity index (χ2v) is 9.83. The van der Waals surface area contributed by atoms with E-state index in [1.54, 1.807) is 24.3 Å². The number of aryl methyl sites for hydroxylation is 1. The molecule has 0 N–H and O–H groups in total. The molecule has 0 radical (unpaired) electrons. The first-order chi connectivity index (χ1) is 13.0. The summed E-state index contributed by atoms with van der Waals surface area (Å²) >= 11 is 0. The fourth-order valence-electron chi connectivity index (χ4n) is 3.09. The van der Waals surface area contributed by atoms with Gasteiger partial charge in [0.1, 0.15) is 5.52 Å². The molecule has 28 heavy (non-hydrogen) atoms. The van der Waals surface area contributed by atoms with Crippen LogP contribution in [0.2, 0.25) is 0 Å². The Balaban J connectivity index is 1.88. The number of benzene rings is 1. The van der Waals surface area contributed by atoms with Gasteiger partial charge in [-0.15, -0.1) is 0 Å². The second kappa shape index (κ2) is 6.14. The molecule has 1 fully saturated rings. The quantitative estimate of drug-likeness (QED) is 0.629. The molecule has 4 rings (SSSR count). The first-order valence-electron chi connectivity index (χ1n) is 9.03. The van der Waals surface area contributed by atoms with Gasteiger partial charge in [-0.1, -0.05) is 17.7 Å². The van der Waals surface area contributed by atoms with Crippen molar-refractivity contribution in [1.29, 1.82) is 0 Å². The molecule has 0 unspecified atom stereocenters. The van der Waals surface area contributed by atoms with E-state index in [0.29, 0.717) is 11.0 Å². The molecule has 1 saturated heterocycles. The molecule has 9 heteroatoms. The van der Waals surface area contributed by atoms with Crippen LogP contribution in [0.4, 0.5) is 0 Å². The van der Waals surface area contributed by atoms with Crippen molar-refractivity contribution in [2.45, 2.75) is 50.7 Å². The minimum atomic E-state index is -3.85. The van der Waals surface area contributed by atoms with E-state index in [0.717, 1.165) is 9.54 Å². The molecule has 0 aliphatic carbocycles. The Morgan fingerprint density at radius 2 is 1.54 bits per heavy atom. The van der Waals surface area contributed by atoms with Crippen molar-refractivity contribution in [2.24, 2.45) is 0 Å². The zero-order valence-corrected chi connectivity index (χ0v) is 17.3. The third-order valence-corrected chi connectivity index (χ3v) is 7.17. The highest BCUT2D eigenvalue weighted by Crippen LogP contribution is 2.37. The lowest BCUT2D eigenvalue weighted by molar-refractivity contribution is 0.00578. The molecule has 0 saturated carbocycles. The summed E-state index contributed by atoms with van der Waals surface area (Å²) in [5, 5.41) is 0. The third kappa shape index (κ3) is 2.85. The molecule has 0 amide bonds. The Morgan fingerprint density at radius 3 is 2.14 bits per heavy atom. The van der Waals surface area contributed by atoms with Gasteiger partial charge in [-0.3, -0.25) is 4.98 Å². The Hall–Kier alpha value is -2.23. The van der Waals surface area contributed by atoms with Gasteiger partial charge in [-0.05, 0) is 46.8 Å². The van der Waals surface area contributed by atoms with Crippen LogP contribution in [-0.2, 0) is 19.3 Å².